The Hall–Kier alpha value is -6.10. The van der Waals surface area contributed by atoms with Crippen LogP contribution < -0.4 is 20.4 Å². The van der Waals surface area contributed by atoms with Gasteiger partial charge >= 0.3 is 0 Å². The second-order valence-corrected chi connectivity index (χ2v) is 15.7. The quantitative estimate of drug-likeness (QED) is 0.105. The zero-order valence-electron chi connectivity index (χ0n) is 30.6. The van der Waals surface area contributed by atoms with Crippen LogP contribution in [0.1, 0.15) is 29.9 Å². The van der Waals surface area contributed by atoms with Gasteiger partial charge in [-0.3, -0.25) is 29.5 Å². The molecule has 9 rings (SSSR count). The number of ether oxygens (including phenoxy) is 1. The van der Waals surface area contributed by atoms with Crippen molar-refractivity contribution in [2.75, 3.05) is 22.8 Å². The number of imide groups is 2. The second kappa shape index (κ2) is 14.1. The number of allylic oxidation sites excluding steroid dienone is 2. The number of carbonyl (C=O) groups excluding carboxylic acids is 4. The molecule has 2 heterocycles. The van der Waals surface area contributed by atoms with E-state index in [2.05, 4.69) is 10.7 Å². The molecule has 2 aliphatic carbocycles. The molecule has 4 amide bonds. The fourth-order valence-electron chi connectivity index (χ4n) is 9.56. The number of para-hydroxylation sites is 1. The van der Waals surface area contributed by atoms with Gasteiger partial charge in [0.2, 0.25) is 11.8 Å². The Labute approximate surface area is 338 Å². The molecule has 10 nitrogen and oxygen atoms in total. The van der Waals surface area contributed by atoms with Crippen LogP contribution in [-0.4, -0.2) is 40.9 Å². The summed E-state index contributed by atoms with van der Waals surface area (Å²) in [4.78, 5) is 60.6. The summed E-state index contributed by atoms with van der Waals surface area (Å²) in [5.74, 6) is -4.99. The van der Waals surface area contributed by atoms with Gasteiger partial charge in [0.05, 0.1) is 46.7 Å². The number of methoxy groups -OCH3 is 1. The smallest absolute Gasteiger partial charge is 0.260 e. The number of rotatable bonds is 8. The average molecular weight is 800 g/mol. The first-order chi connectivity index (χ1) is 27.6. The van der Waals surface area contributed by atoms with Crippen LogP contribution >= 0.6 is 23.2 Å². The molecule has 3 fully saturated rings. The topological polar surface area (TPSA) is 128 Å². The van der Waals surface area contributed by atoms with Crippen molar-refractivity contribution in [3.05, 3.63) is 154 Å². The Balaban J connectivity index is 1.15. The number of hydrogen-bond donors (Lipinski definition) is 3. The molecule has 2 aliphatic heterocycles. The average Bonchev–Trinajstić information content (AvgIpc) is 3.60. The molecule has 5 aromatic rings. The molecule has 2 saturated heterocycles. The number of hydrogen-bond acceptors (Lipinski definition) is 8. The highest BCUT2D eigenvalue weighted by Crippen LogP contribution is 2.64. The molecule has 0 aromatic heterocycles. The minimum absolute atomic E-state index is 0.0199. The van der Waals surface area contributed by atoms with Gasteiger partial charge in [-0.1, -0.05) is 77.3 Å². The molecule has 5 aromatic carbocycles. The van der Waals surface area contributed by atoms with Crippen molar-refractivity contribution in [3.63, 3.8) is 0 Å². The van der Waals surface area contributed by atoms with Gasteiger partial charge in [-0.05, 0) is 109 Å². The summed E-state index contributed by atoms with van der Waals surface area (Å²) < 4.78 is 5.48. The van der Waals surface area contributed by atoms with E-state index in [0.717, 1.165) is 22.0 Å². The number of hydrazine groups is 1. The van der Waals surface area contributed by atoms with Gasteiger partial charge in [0, 0.05) is 22.3 Å². The Morgan fingerprint density at radius 2 is 1.51 bits per heavy atom. The maximum Gasteiger partial charge on any atom is 0.260 e. The summed E-state index contributed by atoms with van der Waals surface area (Å²) >= 11 is 12.7. The number of halogens is 2. The molecule has 57 heavy (non-hydrogen) atoms. The van der Waals surface area contributed by atoms with Gasteiger partial charge in [0.25, 0.3) is 11.8 Å². The molecule has 12 heteroatoms. The van der Waals surface area contributed by atoms with E-state index < -0.39 is 46.8 Å². The number of nitrogens with zero attached hydrogens (tertiary/aromatic N) is 2. The van der Waals surface area contributed by atoms with Crippen molar-refractivity contribution in [3.8, 4) is 11.5 Å². The monoisotopic (exact) mass is 798 g/mol. The maximum atomic E-state index is 15.4. The van der Waals surface area contributed by atoms with Crippen LogP contribution in [0.5, 0.6) is 11.5 Å². The zero-order valence-corrected chi connectivity index (χ0v) is 32.1. The number of amides is 4. The van der Waals surface area contributed by atoms with Crippen molar-refractivity contribution >= 4 is 69.6 Å². The number of phenolic OH excluding ortho intramolecular Hbond substituents is 1. The van der Waals surface area contributed by atoms with Crippen LogP contribution in [-0.2, 0) is 24.6 Å². The third-order valence-corrected chi connectivity index (χ3v) is 12.5. The number of phenols is 1. The highest BCUT2D eigenvalue weighted by Gasteiger charge is 2.70. The number of fused-ring (bicyclic) bond motifs is 4. The van der Waals surface area contributed by atoms with Crippen LogP contribution in [0.15, 0.2) is 133 Å². The van der Waals surface area contributed by atoms with E-state index in [1.165, 1.54) is 11.0 Å². The van der Waals surface area contributed by atoms with E-state index in [1.807, 2.05) is 54.6 Å². The van der Waals surface area contributed by atoms with Crippen molar-refractivity contribution in [1.82, 2.24) is 5.01 Å². The maximum absolute atomic E-state index is 15.4. The molecule has 0 radical (unpaired) electrons. The molecule has 0 spiro atoms. The van der Waals surface area contributed by atoms with E-state index >= 15 is 4.79 Å². The molecule has 286 valence electrons. The summed E-state index contributed by atoms with van der Waals surface area (Å²) in [6.07, 6.45) is 2.35. The lowest BCUT2D eigenvalue weighted by atomic mass is 9.49. The molecule has 1 saturated carbocycles. The van der Waals surface area contributed by atoms with E-state index in [1.54, 1.807) is 73.8 Å². The van der Waals surface area contributed by atoms with Crippen molar-refractivity contribution in [1.29, 1.82) is 0 Å². The Morgan fingerprint density at radius 1 is 0.772 bits per heavy atom. The van der Waals surface area contributed by atoms with Crippen LogP contribution in [0.4, 0.5) is 22.7 Å². The number of carbonyl (C=O) groups is 4. The van der Waals surface area contributed by atoms with Crippen LogP contribution in [0.2, 0.25) is 10.0 Å². The molecule has 4 aliphatic rings. The minimum atomic E-state index is -1.54. The molecular weight excluding hydrogens is 763 g/mol. The third kappa shape index (κ3) is 5.85. The zero-order chi connectivity index (χ0) is 39.6. The SMILES string of the molecule is COc1ccc([C@@]23C(=O)N(Nc4ccc(Cl)cc4Cl)C(=O)[C@@H]2C[C@@H]2C(=CC[C@@H]4C(=O)N(c5ccc(Nc6ccccc6)cc5)C(=O)[C@@H]42)[C@@H]3c2cccc(O)c2)cc1. The summed E-state index contributed by atoms with van der Waals surface area (Å²) in [6.45, 7) is 0. The minimum Gasteiger partial charge on any atom is -0.508 e. The Kier molecular flexibility index (Phi) is 9.06. The number of benzene rings is 5. The highest BCUT2D eigenvalue weighted by atomic mass is 35.5. The molecular formula is C45H36Cl2N4O6. The number of anilines is 4. The largest absolute Gasteiger partial charge is 0.508 e. The lowest BCUT2D eigenvalue weighted by molar-refractivity contribution is -0.138. The van der Waals surface area contributed by atoms with E-state index in [-0.39, 0.29) is 35.4 Å². The first-order valence-corrected chi connectivity index (χ1v) is 19.4. The summed E-state index contributed by atoms with van der Waals surface area (Å²) in [6, 6.07) is 35.3. The lowest BCUT2D eigenvalue weighted by Gasteiger charge is -2.50. The van der Waals surface area contributed by atoms with Crippen molar-refractivity contribution < 1.29 is 29.0 Å². The Morgan fingerprint density at radius 3 is 2.21 bits per heavy atom. The predicted octanol–water partition coefficient (Wildman–Crippen LogP) is 8.64. The van der Waals surface area contributed by atoms with Gasteiger partial charge in [0.1, 0.15) is 11.5 Å². The highest BCUT2D eigenvalue weighted by molar-refractivity contribution is 6.36. The lowest BCUT2D eigenvalue weighted by Crippen LogP contribution is -2.53. The normalized spacial score (nSPS) is 25.1. The van der Waals surface area contributed by atoms with Gasteiger partial charge in [-0.15, -0.1) is 0 Å². The predicted molar refractivity (Wildman–Crippen MR) is 217 cm³/mol. The van der Waals surface area contributed by atoms with Crippen molar-refractivity contribution in [2.45, 2.75) is 24.2 Å². The van der Waals surface area contributed by atoms with E-state index in [4.69, 9.17) is 27.9 Å². The van der Waals surface area contributed by atoms with Gasteiger partial charge in [-0.2, -0.15) is 5.01 Å². The first-order valence-electron chi connectivity index (χ1n) is 18.6. The summed E-state index contributed by atoms with van der Waals surface area (Å²) in [5, 5.41) is 15.8. The summed E-state index contributed by atoms with van der Waals surface area (Å²) in [7, 11) is 1.55. The van der Waals surface area contributed by atoms with Crippen LogP contribution in [0.25, 0.3) is 0 Å². The van der Waals surface area contributed by atoms with E-state index in [9.17, 15) is 19.5 Å². The second-order valence-electron chi connectivity index (χ2n) is 14.9. The number of aromatic hydroxyl groups is 1. The first kappa shape index (κ1) is 36.5. The fraction of sp³-hybridized carbons (Fsp3) is 0.200. The van der Waals surface area contributed by atoms with Crippen LogP contribution in [0.3, 0.4) is 0 Å². The molecule has 0 unspecified atom stereocenters. The van der Waals surface area contributed by atoms with Crippen molar-refractivity contribution in [2.24, 2.45) is 23.7 Å². The molecule has 0 bridgehead atoms. The molecule has 6 atom stereocenters. The Bertz CT molecular complexity index is 2480. The van der Waals surface area contributed by atoms with Gasteiger partial charge in [-0.25, -0.2) is 0 Å². The van der Waals surface area contributed by atoms with Gasteiger partial charge < -0.3 is 15.2 Å². The third-order valence-electron chi connectivity index (χ3n) is 12.0. The molecule has 3 N–H and O–H groups in total. The van der Waals surface area contributed by atoms with Gasteiger partial charge in [0.15, 0.2) is 0 Å². The number of nitrogens with one attached hydrogen (secondary N) is 2. The fourth-order valence-corrected chi connectivity index (χ4v) is 10.0. The van der Waals surface area contributed by atoms with Crippen LogP contribution in [0, 0.1) is 23.7 Å². The summed E-state index contributed by atoms with van der Waals surface area (Å²) in [5.41, 5.74) is 5.84. The standard InChI is InChI=1S/C45H36Cl2N4O6/c1-57-32-17-10-26(11-18-32)45-36(42(54)51(44(45)56)49-38-21-12-27(46)23-37(38)47)24-35-33(40(45)25-6-5-9-31(52)22-25)19-20-34-39(35)43(55)50(41(34)53)30-15-13-29(14-16-30)48-28-7-3-2-4-8-28/h2-19,21-23,34-36,39-40,48-49,52H,20,24H2,1H3/t34-,35+,36-,39-,40-,45+/m0/s1. The van der Waals surface area contributed by atoms with E-state index in [0.29, 0.717) is 33.3 Å².